The number of sulfonamides is 1. The molecule has 1 aromatic carbocycles. The average molecular weight is 427 g/mol. The molecule has 0 saturated carbocycles. The zero-order chi connectivity index (χ0) is 24.3. The van der Waals surface area contributed by atoms with E-state index in [9.17, 15) is 18.0 Å². The van der Waals surface area contributed by atoms with Gasteiger partial charge in [-0.3, -0.25) is 4.79 Å². The number of hydrogen-bond acceptors (Lipinski definition) is 5. The molecular formula is C18H27ClN2O5S. The van der Waals surface area contributed by atoms with E-state index >= 15 is 0 Å². The molecule has 0 aliphatic heterocycles. The molecule has 27 heavy (non-hydrogen) atoms. The van der Waals surface area contributed by atoms with Gasteiger partial charge in [-0.2, -0.15) is 4.72 Å². The van der Waals surface area contributed by atoms with Crippen molar-refractivity contribution in [1.82, 2.24) is 10.0 Å². The second-order valence-corrected chi connectivity index (χ2v) is 8.79. The second-order valence-electron chi connectivity index (χ2n) is 6.70. The smallest absolute Gasteiger partial charge is 0.407 e. The van der Waals surface area contributed by atoms with Gasteiger partial charge in [-0.05, 0) is 70.6 Å². The molecule has 7 nitrogen and oxygen atoms in total. The van der Waals surface area contributed by atoms with Crippen LogP contribution in [0.25, 0.3) is 0 Å². The first-order valence-electron chi connectivity index (χ1n) is 10.1. The quantitative estimate of drug-likeness (QED) is 0.590. The lowest BCUT2D eigenvalue weighted by Crippen LogP contribution is -2.39. The predicted octanol–water partition coefficient (Wildman–Crippen LogP) is 3.10. The normalized spacial score (nSPS) is 16.3. The maximum atomic E-state index is 12.5. The summed E-state index contributed by atoms with van der Waals surface area (Å²) in [6.45, 7) is 5.81. The number of halogens is 1. The minimum Gasteiger partial charge on any atom is -0.444 e. The van der Waals surface area contributed by atoms with Crippen molar-refractivity contribution < 1.29 is 28.2 Å². The monoisotopic (exact) mass is 426 g/mol. The molecule has 0 aromatic heterocycles. The lowest BCUT2D eigenvalue weighted by atomic mass is 10.1. The van der Waals surface area contributed by atoms with Crippen LogP contribution in [-0.2, 0) is 19.6 Å². The highest BCUT2D eigenvalue weighted by atomic mass is 35.5. The third-order valence-corrected chi connectivity index (χ3v) is 4.80. The number of hydrogen-bond donors (Lipinski definition) is 2. The Morgan fingerprint density at radius 3 is 2.33 bits per heavy atom. The molecule has 1 atom stereocenters. The van der Waals surface area contributed by atoms with Gasteiger partial charge in [-0.25, -0.2) is 13.2 Å². The zero-order valence-electron chi connectivity index (χ0n) is 19.6. The van der Waals surface area contributed by atoms with Gasteiger partial charge >= 0.3 is 6.09 Å². The molecule has 0 radical (unpaired) electrons. The molecule has 0 unspecified atom stereocenters. The molecule has 152 valence electrons. The highest BCUT2D eigenvalue weighted by Gasteiger charge is 2.24. The first kappa shape index (κ1) is 17.5. The van der Waals surface area contributed by atoms with E-state index in [4.69, 9.17) is 21.8 Å². The minimum absolute atomic E-state index is 0.156. The molecular weight excluding hydrogens is 392 g/mol. The fourth-order valence-electron chi connectivity index (χ4n) is 1.81. The number of amides is 1. The Bertz CT molecular complexity index is 903. The summed E-state index contributed by atoms with van der Waals surface area (Å²) in [6, 6.07) is 3.98. The van der Waals surface area contributed by atoms with Gasteiger partial charge in [0.2, 0.25) is 15.3 Å². The Balaban J connectivity index is 2.95. The van der Waals surface area contributed by atoms with E-state index < -0.39 is 58.7 Å². The summed E-state index contributed by atoms with van der Waals surface area (Å²) in [5.41, 5.74) is -0.0221. The molecule has 0 saturated heterocycles. The fraction of sp³-hybridized carbons (Fsp3) is 0.556. The van der Waals surface area contributed by atoms with Crippen LogP contribution in [0.3, 0.4) is 0 Å². The first-order chi connectivity index (χ1) is 13.9. The summed E-state index contributed by atoms with van der Waals surface area (Å²) in [7, 11) is -4.22. The van der Waals surface area contributed by atoms with Gasteiger partial charge < -0.3 is 10.1 Å². The van der Waals surface area contributed by atoms with Crippen molar-refractivity contribution in [3.63, 3.8) is 0 Å². The standard InChI is InChI=1S/C18H27ClN2O5S/c1-13-8-10-14(11-9-13)27(24,25)21-15(16(19)22)7-5-6-12-20-17(23)26-18(2,3)4/h8-11,15,21H,5-7,12H2,1-4H3,(H,20,23)/t15-/m0/s1/i5T2,6T2. The molecule has 2 N–H and O–H groups in total. The highest BCUT2D eigenvalue weighted by Crippen LogP contribution is 2.13. The molecule has 0 aliphatic carbocycles. The van der Waals surface area contributed by atoms with Crippen molar-refractivity contribution in [1.29, 1.82) is 0 Å². The maximum absolute atomic E-state index is 12.5. The lowest BCUT2D eigenvalue weighted by Gasteiger charge is -2.19. The summed E-state index contributed by atoms with van der Waals surface area (Å²) in [6.07, 6.45) is -7.27. The number of carbonyl (C=O) groups excluding carboxylic acids is 2. The van der Waals surface area contributed by atoms with Gasteiger partial charge in [0.25, 0.3) is 0 Å². The Kier molecular flexibility index (Phi) is 6.50. The van der Waals surface area contributed by atoms with Crippen molar-refractivity contribution in [3.05, 3.63) is 29.8 Å². The van der Waals surface area contributed by atoms with Gasteiger partial charge in [-0.1, -0.05) is 17.7 Å². The van der Waals surface area contributed by atoms with Gasteiger partial charge in [0, 0.05) is 12.0 Å². The van der Waals surface area contributed by atoms with Crippen LogP contribution in [0.4, 0.5) is 4.79 Å². The molecule has 1 rings (SSSR count). The summed E-state index contributed by atoms with van der Waals surface area (Å²) in [5.74, 6) is 0. The number of benzene rings is 1. The summed E-state index contributed by atoms with van der Waals surface area (Å²) >= 11 is 5.47. The third-order valence-electron chi connectivity index (χ3n) is 3.05. The number of alkyl carbamates (subject to hydrolysis) is 1. The molecule has 0 fully saturated rings. The molecule has 0 heterocycles. The molecule has 0 bridgehead atoms. The van der Waals surface area contributed by atoms with E-state index in [2.05, 4.69) is 5.32 Å². The third kappa shape index (κ3) is 9.21. The number of ether oxygens (including phenoxy) is 1. The van der Waals surface area contributed by atoms with Crippen LogP contribution < -0.4 is 10.0 Å². The second kappa shape index (κ2) is 10.1. The predicted molar refractivity (Wildman–Crippen MR) is 104 cm³/mol. The van der Waals surface area contributed by atoms with E-state index in [1.807, 2.05) is 4.72 Å². The fourth-order valence-corrected chi connectivity index (χ4v) is 3.20. The van der Waals surface area contributed by atoms with Gasteiger partial charge in [0.05, 0.1) is 10.9 Å². The van der Waals surface area contributed by atoms with E-state index in [1.54, 1.807) is 39.8 Å². The molecule has 9 heteroatoms. The number of rotatable bonds is 9. The number of nitrogens with one attached hydrogen (secondary N) is 2. The van der Waals surface area contributed by atoms with Gasteiger partial charge in [-0.15, -0.1) is 0 Å². The van der Waals surface area contributed by atoms with Crippen molar-refractivity contribution in [3.8, 4) is 0 Å². The summed E-state index contributed by atoms with van der Waals surface area (Å²) in [5, 5.41) is 0.936. The minimum atomic E-state index is -4.22. The van der Waals surface area contributed by atoms with E-state index in [-0.39, 0.29) is 4.90 Å². The van der Waals surface area contributed by atoms with Crippen LogP contribution in [0.5, 0.6) is 0 Å². The van der Waals surface area contributed by atoms with Crippen LogP contribution in [0.15, 0.2) is 29.2 Å². The van der Waals surface area contributed by atoms with Crippen molar-refractivity contribution >= 4 is 33.0 Å². The Morgan fingerprint density at radius 1 is 1.22 bits per heavy atom. The first-order valence-corrected chi connectivity index (χ1v) is 9.98. The van der Waals surface area contributed by atoms with Crippen LogP contribution >= 0.6 is 11.6 Å². The van der Waals surface area contributed by atoms with E-state index in [0.29, 0.717) is 0 Å². The number of carbonyl (C=O) groups is 2. The van der Waals surface area contributed by atoms with Crippen LogP contribution in [-0.4, -0.2) is 37.9 Å². The Hall–Kier alpha value is -1.64. The van der Waals surface area contributed by atoms with E-state index in [0.717, 1.165) is 5.56 Å². The van der Waals surface area contributed by atoms with Crippen LogP contribution in [0.2, 0.25) is 0 Å². The largest absolute Gasteiger partial charge is 0.444 e. The summed E-state index contributed by atoms with van der Waals surface area (Å²) in [4.78, 5) is 23.4. The topological polar surface area (TPSA) is 102 Å². The van der Waals surface area contributed by atoms with E-state index in [1.165, 1.54) is 12.1 Å². The summed E-state index contributed by atoms with van der Waals surface area (Å²) < 4.78 is 64.2. The van der Waals surface area contributed by atoms with Crippen molar-refractivity contribution in [2.75, 3.05) is 6.54 Å². The molecule has 0 aliphatic rings. The zero-order valence-corrected chi connectivity index (χ0v) is 17.2. The Morgan fingerprint density at radius 2 is 1.81 bits per heavy atom. The van der Waals surface area contributed by atoms with Gasteiger partial charge in [0.15, 0.2) is 0 Å². The molecule has 0 spiro atoms. The van der Waals surface area contributed by atoms with Crippen LogP contribution in [0, 0.1) is 6.92 Å². The van der Waals surface area contributed by atoms with Crippen molar-refractivity contribution in [2.45, 2.75) is 63.4 Å². The molecule has 1 amide bonds. The highest BCUT2D eigenvalue weighted by molar-refractivity contribution is 7.89. The van der Waals surface area contributed by atoms with Crippen LogP contribution in [0.1, 0.15) is 51.0 Å². The average Bonchev–Trinajstić information content (AvgIpc) is 2.57. The number of aryl methyl sites for hydroxylation is 1. The van der Waals surface area contributed by atoms with Crippen molar-refractivity contribution in [2.24, 2.45) is 0 Å². The Labute approximate surface area is 171 Å². The SMILES string of the molecule is [3H]C([3H])(CNC(=O)OC(C)(C)C)C([3H])([3H])C[C@H](NS(=O)(=O)c1ccc(C)cc1)C(=O)Cl. The maximum Gasteiger partial charge on any atom is 0.407 e. The lowest BCUT2D eigenvalue weighted by molar-refractivity contribution is -0.113. The van der Waals surface area contributed by atoms with Gasteiger partial charge in [0.1, 0.15) is 5.60 Å². The molecule has 1 aromatic rings.